The Bertz CT molecular complexity index is 1510. The number of ether oxygens (including phenoxy) is 1. The zero-order valence-electron chi connectivity index (χ0n) is 20.8. The SMILES string of the molecule is Cc1cncc2c(CCC3=C[C@@H](n4ccc5c(N)ncnc54)C[C@@H]3OC(C)(C)O)cc(C(F)F)c(F)c12. The van der Waals surface area contributed by atoms with E-state index < -0.39 is 29.7 Å². The fraction of sp³-hybridized carbons (Fsp3) is 0.370. The van der Waals surface area contributed by atoms with E-state index in [1.165, 1.54) is 24.8 Å². The van der Waals surface area contributed by atoms with Crippen LogP contribution in [0.25, 0.3) is 21.8 Å². The Morgan fingerprint density at radius 3 is 2.73 bits per heavy atom. The van der Waals surface area contributed by atoms with Gasteiger partial charge < -0.3 is 20.1 Å². The van der Waals surface area contributed by atoms with Crippen molar-refractivity contribution in [2.24, 2.45) is 0 Å². The van der Waals surface area contributed by atoms with Gasteiger partial charge in [0.1, 0.15) is 23.6 Å². The second kappa shape index (κ2) is 9.42. The van der Waals surface area contributed by atoms with Crippen molar-refractivity contribution in [1.29, 1.82) is 0 Å². The summed E-state index contributed by atoms with van der Waals surface area (Å²) in [7, 11) is 0. The predicted molar refractivity (Wildman–Crippen MR) is 135 cm³/mol. The first-order valence-electron chi connectivity index (χ1n) is 12.0. The van der Waals surface area contributed by atoms with Crippen LogP contribution < -0.4 is 5.73 Å². The number of allylic oxidation sites excluding steroid dienone is 1. The van der Waals surface area contributed by atoms with Gasteiger partial charge in [0, 0.05) is 35.8 Å². The first kappa shape index (κ1) is 25.2. The summed E-state index contributed by atoms with van der Waals surface area (Å²) < 4.78 is 50.3. The third-order valence-corrected chi connectivity index (χ3v) is 6.81. The van der Waals surface area contributed by atoms with Crippen LogP contribution in [-0.2, 0) is 11.2 Å². The lowest BCUT2D eigenvalue weighted by atomic mass is 9.94. The largest absolute Gasteiger partial charge is 0.383 e. The summed E-state index contributed by atoms with van der Waals surface area (Å²) in [6.45, 7) is 4.79. The zero-order valence-corrected chi connectivity index (χ0v) is 20.8. The molecule has 10 heteroatoms. The van der Waals surface area contributed by atoms with Crippen molar-refractivity contribution >= 4 is 27.6 Å². The van der Waals surface area contributed by atoms with E-state index in [9.17, 15) is 18.3 Å². The number of nitrogens with zero attached hydrogens (tertiary/aromatic N) is 4. The number of alkyl halides is 2. The number of aliphatic hydroxyl groups is 1. The molecule has 7 nitrogen and oxygen atoms in total. The van der Waals surface area contributed by atoms with Gasteiger partial charge in [-0.1, -0.05) is 6.08 Å². The monoisotopic (exact) mass is 511 g/mol. The maximum Gasteiger partial charge on any atom is 0.266 e. The molecule has 1 aliphatic rings. The first-order chi connectivity index (χ1) is 17.5. The van der Waals surface area contributed by atoms with Gasteiger partial charge in [-0.25, -0.2) is 23.1 Å². The van der Waals surface area contributed by atoms with Gasteiger partial charge in [0.25, 0.3) is 6.43 Å². The maximum atomic E-state index is 14.9. The number of aromatic nitrogens is 4. The van der Waals surface area contributed by atoms with Crippen LogP contribution in [0.5, 0.6) is 0 Å². The first-order valence-corrected chi connectivity index (χ1v) is 12.0. The van der Waals surface area contributed by atoms with Gasteiger partial charge >= 0.3 is 0 Å². The van der Waals surface area contributed by atoms with Crippen LogP contribution in [0.4, 0.5) is 19.0 Å². The fourth-order valence-electron chi connectivity index (χ4n) is 5.18. The Morgan fingerprint density at radius 2 is 2.00 bits per heavy atom. The van der Waals surface area contributed by atoms with E-state index in [2.05, 4.69) is 21.0 Å². The molecule has 0 fully saturated rings. The van der Waals surface area contributed by atoms with Crippen molar-refractivity contribution in [3.05, 3.63) is 71.2 Å². The molecule has 194 valence electrons. The molecule has 0 amide bonds. The van der Waals surface area contributed by atoms with Crippen molar-refractivity contribution in [3.8, 4) is 0 Å². The van der Waals surface area contributed by atoms with Gasteiger partial charge in [0.15, 0.2) is 5.79 Å². The van der Waals surface area contributed by atoms with Crippen LogP contribution in [-0.4, -0.2) is 36.5 Å². The number of pyridine rings is 1. The molecular formula is C27H28F3N5O2. The molecule has 37 heavy (non-hydrogen) atoms. The predicted octanol–water partition coefficient (Wildman–Crippen LogP) is 5.56. The molecule has 0 aliphatic heterocycles. The van der Waals surface area contributed by atoms with E-state index in [-0.39, 0.29) is 11.4 Å². The van der Waals surface area contributed by atoms with E-state index in [1.54, 1.807) is 20.8 Å². The van der Waals surface area contributed by atoms with Crippen molar-refractivity contribution in [2.45, 2.75) is 64.4 Å². The smallest absolute Gasteiger partial charge is 0.266 e. The molecule has 0 spiro atoms. The molecule has 0 bridgehead atoms. The molecule has 3 aromatic heterocycles. The van der Waals surface area contributed by atoms with E-state index in [1.807, 2.05) is 16.8 Å². The molecule has 0 saturated heterocycles. The number of anilines is 1. The van der Waals surface area contributed by atoms with Gasteiger partial charge in [-0.2, -0.15) is 0 Å². The molecule has 5 rings (SSSR count). The minimum atomic E-state index is -2.94. The Morgan fingerprint density at radius 1 is 1.22 bits per heavy atom. The highest BCUT2D eigenvalue weighted by Gasteiger charge is 2.33. The Labute approximate surface area is 211 Å². The van der Waals surface area contributed by atoms with Gasteiger partial charge in [0.2, 0.25) is 0 Å². The van der Waals surface area contributed by atoms with Crippen LogP contribution in [0.2, 0.25) is 0 Å². The van der Waals surface area contributed by atoms with Crippen molar-refractivity contribution < 1.29 is 23.0 Å². The van der Waals surface area contributed by atoms with E-state index >= 15 is 0 Å². The molecule has 4 aromatic rings. The third-order valence-electron chi connectivity index (χ3n) is 6.81. The number of nitrogens with two attached hydrogens (primary N) is 1. The molecule has 1 aromatic carbocycles. The number of fused-ring (bicyclic) bond motifs is 2. The third kappa shape index (κ3) is 4.78. The lowest BCUT2D eigenvalue weighted by molar-refractivity contribution is -0.197. The molecule has 2 atom stereocenters. The highest BCUT2D eigenvalue weighted by atomic mass is 19.3. The summed E-state index contributed by atoms with van der Waals surface area (Å²) in [6.07, 6.45) is 6.36. The molecular weight excluding hydrogens is 483 g/mol. The molecule has 0 radical (unpaired) electrons. The highest BCUT2D eigenvalue weighted by Crippen LogP contribution is 2.39. The Balaban J connectivity index is 1.51. The van der Waals surface area contributed by atoms with Crippen LogP contribution in [0.1, 0.15) is 55.8 Å². The lowest BCUT2D eigenvalue weighted by Gasteiger charge is -2.26. The highest BCUT2D eigenvalue weighted by molar-refractivity contribution is 5.89. The van der Waals surface area contributed by atoms with E-state index in [0.717, 1.165) is 11.0 Å². The summed E-state index contributed by atoms with van der Waals surface area (Å²) in [5.41, 5.74) is 8.06. The average Bonchev–Trinajstić information content (AvgIpc) is 3.42. The van der Waals surface area contributed by atoms with Crippen LogP contribution in [0, 0.1) is 12.7 Å². The van der Waals surface area contributed by atoms with Crippen molar-refractivity contribution in [2.75, 3.05) is 5.73 Å². The quantitative estimate of drug-likeness (QED) is 0.249. The maximum absolute atomic E-state index is 14.9. The second-order valence-electron chi connectivity index (χ2n) is 9.94. The normalized spacial score (nSPS) is 18.3. The number of hydrogen-bond donors (Lipinski definition) is 2. The Hall–Kier alpha value is -3.50. The van der Waals surface area contributed by atoms with Crippen LogP contribution in [0.15, 0.2) is 48.7 Å². The van der Waals surface area contributed by atoms with Gasteiger partial charge in [-0.15, -0.1) is 0 Å². The molecule has 3 heterocycles. The van der Waals surface area contributed by atoms with Gasteiger partial charge in [-0.05, 0) is 62.4 Å². The fourth-order valence-corrected chi connectivity index (χ4v) is 5.18. The van der Waals surface area contributed by atoms with Crippen molar-refractivity contribution in [1.82, 2.24) is 19.5 Å². The minimum absolute atomic E-state index is 0.125. The zero-order chi connectivity index (χ0) is 26.5. The van der Waals surface area contributed by atoms with Crippen LogP contribution in [0.3, 0.4) is 0 Å². The van der Waals surface area contributed by atoms with Gasteiger partial charge in [0.05, 0.1) is 23.1 Å². The van der Waals surface area contributed by atoms with Crippen molar-refractivity contribution in [3.63, 3.8) is 0 Å². The lowest BCUT2D eigenvalue weighted by Crippen LogP contribution is -2.30. The number of aryl methyl sites for hydroxylation is 2. The van der Waals surface area contributed by atoms with E-state index in [4.69, 9.17) is 10.5 Å². The molecule has 0 saturated carbocycles. The number of rotatable bonds is 7. The summed E-state index contributed by atoms with van der Waals surface area (Å²) in [4.78, 5) is 12.6. The topological polar surface area (TPSA) is 99.1 Å². The van der Waals surface area contributed by atoms with E-state index in [0.29, 0.717) is 47.2 Å². The summed E-state index contributed by atoms with van der Waals surface area (Å²) in [5.74, 6) is -1.90. The molecule has 0 unspecified atom stereocenters. The number of nitrogen functional groups attached to an aromatic ring is 1. The van der Waals surface area contributed by atoms with Gasteiger partial charge in [-0.3, -0.25) is 4.98 Å². The number of halogens is 3. The summed E-state index contributed by atoms with van der Waals surface area (Å²) in [5, 5.41) is 11.8. The molecule has 1 aliphatic carbocycles. The number of benzene rings is 1. The number of hydrogen-bond acceptors (Lipinski definition) is 6. The standard InChI is InChI=1S/C27H28F3N5O2/c1-14-11-32-12-20-15(9-19(24(29)30)23(28)22(14)20)4-5-16-8-17(10-21(16)37-27(2,3)36)35-7-6-18-25(31)33-13-34-26(18)35/h6-9,11-13,17,21,24,36H,4-5,10H2,1-3H3,(H2,31,33,34)/t17-,21+/m1/s1. The Kier molecular flexibility index (Phi) is 6.41. The molecule has 3 N–H and O–H groups in total. The minimum Gasteiger partial charge on any atom is -0.383 e. The van der Waals surface area contributed by atoms with Crippen LogP contribution >= 0.6 is 0 Å². The average molecular weight is 512 g/mol. The summed E-state index contributed by atoms with van der Waals surface area (Å²) >= 11 is 0. The second-order valence-corrected chi connectivity index (χ2v) is 9.94. The summed E-state index contributed by atoms with van der Waals surface area (Å²) in [6, 6.07) is 2.97.